The van der Waals surface area contributed by atoms with Crippen molar-refractivity contribution in [3.63, 3.8) is 0 Å². The molecule has 1 aromatic heterocycles. The van der Waals surface area contributed by atoms with Crippen LogP contribution in [-0.2, 0) is 26.4 Å². The molecule has 0 radical (unpaired) electrons. The third-order valence-corrected chi connectivity index (χ3v) is 4.70. The van der Waals surface area contributed by atoms with Crippen molar-refractivity contribution in [2.75, 3.05) is 12.9 Å². The van der Waals surface area contributed by atoms with Crippen LogP contribution in [0.25, 0.3) is 0 Å². The third kappa shape index (κ3) is 4.79. The Morgan fingerprint density at radius 3 is 2.46 bits per heavy atom. The number of benzene rings is 1. The van der Waals surface area contributed by atoms with E-state index in [0.717, 1.165) is 24.5 Å². The Kier molecular flexibility index (Phi) is 5.93. The minimum absolute atomic E-state index is 0.215. The highest BCUT2D eigenvalue weighted by Gasteiger charge is 2.25. The van der Waals surface area contributed by atoms with Gasteiger partial charge in [-0.05, 0) is 24.3 Å². The Labute approximate surface area is 159 Å². The number of amides is 2. The number of nitro groups is 1. The van der Waals surface area contributed by atoms with E-state index < -0.39 is 49.7 Å². The zero-order valence-electron chi connectivity index (χ0n) is 14.7. The molecule has 11 nitrogen and oxygen atoms in total. The largest absolute Gasteiger partial charge is 0.452 e. The van der Waals surface area contributed by atoms with E-state index in [1.807, 2.05) is 5.32 Å². The fraction of sp³-hybridized carbons (Fsp3) is 0.188. The quantitative estimate of drug-likeness (QED) is 0.410. The first-order chi connectivity index (χ1) is 13.0. The Hall–Kier alpha value is -3.54. The third-order valence-electron chi connectivity index (χ3n) is 3.55. The summed E-state index contributed by atoms with van der Waals surface area (Å²) < 4.78 is 29.3. The molecule has 0 fully saturated rings. The number of aryl methyl sites for hydroxylation is 1. The number of imide groups is 1. The van der Waals surface area contributed by atoms with E-state index in [9.17, 15) is 32.9 Å². The van der Waals surface area contributed by atoms with Gasteiger partial charge in [-0.15, -0.1) is 0 Å². The van der Waals surface area contributed by atoms with Crippen molar-refractivity contribution in [3.05, 3.63) is 57.9 Å². The van der Waals surface area contributed by atoms with Crippen molar-refractivity contribution in [2.24, 2.45) is 7.05 Å². The lowest BCUT2D eigenvalue weighted by atomic mass is 10.2. The number of nitro benzene ring substituents is 1. The lowest BCUT2D eigenvalue weighted by molar-refractivity contribution is -0.387. The number of rotatable bonds is 6. The highest BCUT2D eigenvalue weighted by Crippen LogP contribution is 2.25. The SMILES string of the molecule is Cn1cccc1C(=O)NC(=O)COC(=O)c1ccc(S(C)(=O)=O)c([N+](=O)[O-])c1. The Balaban J connectivity index is 2.06. The number of carbonyl (C=O) groups excluding carboxylic acids is 3. The first kappa shape index (κ1) is 20.8. The van der Waals surface area contributed by atoms with Gasteiger partial charge in [0.25, 0.3) is 17.5 Å². The number of hydrogen-bond acceptors (Lipinski definition) is 8. The molecule has 12 heteroatoms. The van der Waals surface area contributed by atoms with Gasteiger partial charge in [-0.3, -0.25) is 25.0 Å². The van der Waals surface area contributed by atoms with Crippen molar-refractivity contribution >= 4 is 33.3 Å². The number of carbonyl (C=O) groups is 3. The van der Waals surface area contributed by atoms with Gasteiger partial charge < -0.3 is 9.30 Å². The summed E-state index contributed by atoms with van der Waals surface area (Å²) >= 11 is 0. The highest BCUT2D eigenvalue weighted by atomic mass is 32.2. The molecule has 0 aliphatic carbocycles. The van der Waals surface area contributed by atoms with E-state index in [-0.39, 0.29) is 11.3 Å². The zero-order chi connectivity index (χ0) is 21.1. The van der Waals surface area contributed by atoms with Crippen molar-refractivity contribution in [1.29, 1.82) is 0 Å². The van der Waals surface area contributed by atoms with E-state index in [4.69, 9.17) is 4.74 Å². The van der Waals surface area contributed by atoms with Gasteiger partial charge >= 0.3 is 5.97 Å². The van der Waals surface area contributed by atoms with Crippen molar-refractivity contribution in [2.45, 2.75) is 4.90 Å². The fourth-order valence-corrected chi connectivity index (χ4v) is 3.07. The standard InChI is InChI=1S/C16H15N3O8S/c1-18-7-3-4-11(18)15(21)17-14(20)9-27-16(22)10-5-6-13(28(2,25)26)12(8-10)19(23)24/h3-8H,9H2,1-2H3,(H,17,20,21). The summed E-state index contributed by atoms with van der Waals surface area (Å²) in [6, 6.07) is 5.76. The Morgan fingerprint density at radius 1 is 1.25 bits per heavy atom. The van der Waals surface area contributed by atoms with Crippen LogP contribution in [0.1, 0.15) is 20.8 Å². The minimum Gasteiger partial charge on any atom is -0.452 e. The van der Waals surface area contributed by atoms with Crippen LogP contribution in [0.2, 0.25) is 0 Å². The van der Waals surface area contributed by atoms with Gasteiger partial charge in [-0.25, -0.2) is 13.2 Å². The summed E-state index contributed by atoms with van der Waals surface area (Å²) in [5.74, 6) is -2.69. The number of nitrogens with zero attached hydrogens (tertiary/aromatic N) is 2. The molecule has 28 heavy (non-hydrogen) atoms. The fourth-order valence-electron chi connectivity index (χ4n) is 2.24. The number of nitrogens with one attached hydrogen (secondary N) is 1. The van der Waals surface area contributed by atoms with Gasteiger partial charge in [0.15, 0.2) is 16.4 Å². The van der Waals surface area contributed by atoms with E-state index in [0.29, 0.717) is 0 Å². The van der Waals surface area contributed by atoms with Gasteiger partial charge in [0.2, 0.25) is 0 Å². The molecule has 0 bridgehead atoms. The molecule has 0 saturated heterocycles. The summed E-state index contributed by atoms with van der Waals surface area (Å²) in [6.45, 7) is -0.809. The molecule has 1 aromatic carbocycles. The van der Waals surface area contributed by atoms with Crippen molar-refractivity contribution in [1.82, 2.24) is 9.88 Å². The number of aromatic nitrogens is 1. The maximum absolute atomic E-state index is 12.0. The molecular weight excluding hydrogens is 394 g/mol. The normalized spacial score (nSPS) is 10.9. The van der Waals surface area contributed by atoms with Crippen molar-refractivity contribution < 1.29 is 32.5 Å². The molecule has 0 unspecified atom stereocenters. The molecule has 1 heterocycles. The second-order valence-electron chi connectivity index (χ2n) is 5.67. The van der Waals surface area contributed by atoms with Gasteiger partial charge in [0.1, 0.15) is 10.6 Å². The first-order valence-corrected chi connectivity index (χ1v) is 9.51. The monoisotopic (exact) mass is 409 g/mol. The van der Waals surface area contributed by atoms with E-state index in [2.05, 4.69) is 0 Å². The second kappa shape index (κ2) is 8.00. The van der Waals surface area contributed by atoms with Crippen LogP contribution < -0.4 is 5.32 Å². The van der Waals surface area contributed by atoms with Gasteiger partial charge in [-0.2, -0.15) is 0 Å². The van der Waals surface area contributed by atoms with Crippen LogP contribution in [0, 0.1) is 10.1 Å². The molecule has 2 rings (SSSR count). The van der Waals surface area contributed by atoms with Crippen LogP contribution in [0.4, 0.5) is 5.69 Å². The van der Waals surface area contributed by atoms with E-state index in [1.54, 1.807) is 19.3 Å². The van der Waals surface area contributed by atoms with Crippen molar-refractivity contribution in [3.8, 4) is 0 Å². The predicted molar refractivity (Wildman–Crippen MR) is 94.4 cm³/mol. The molecule has 0 aliphatic rings. The molecule has 0 spiro atoms. The smallest absolute Gasteiger partial charge is 0.338 e. The number of hydrogen-bond donors (Lipinski definition) is 1. The van der Waals surface area contributed by atoms with Crippen LogP contribution in [0.5, 0.6) is 0 Å². The molecule has 0 aliphatic heterocycles. The molecule has 1 N–H and O–H groups in total. The first-order valence-electron chi connectivity index (χ1n) is 7.62. The van der Waals surface area contributed by atoms with Gasteiger partial charge in [0, 0.05) is 25.6 Å². The summed E-state index contributed by atoms with van der Waals surface area (Å²) in [7, 11) is -2.28. The molecule has 2 aromatic rings. The second-order valence-corrected chi connectivity index (χ2v) is 7.65. The van der Waals surface area contributed by atoms with E-state index >= 15 is 0 Å². The summed E-state index contributed by atoms with van der Waals surface area (Å²) in [6.07, 6.45) is 2.40. The molecule has 148 valence electrons. The predicted octanol–water partition coefficient (Wildman–Crippen LogP) is 0.450. The maximum Gasteiger partial charge on any atom is 0.338 e. The van der Waals surface area contributed by atoms with Crippen LogP contribution in [0.3, 0.4) is 0 Å². The lowest BCUT2D eigenvalue weighted by Crippen LogP contribution is -2.35. The molecular formula is C16H15N3O8S. The topological polar surface area (TPSA) is 155 Å². The van der Waals surface area contributed by atoms with Crippen LogP contribution in [-0.4, -0.2) is 48.6 Å². The summed E-state index contributed by atoms with van der Waals surface area (Å²) in [5.41, 5.74) is -0.896. The Bertz CT molecular complexity index is 1070. The number of ether oxygens (including phenoxy) is 1. The average Bonchev–Trinajstić information content (AvgIpc) is 3.04. The number of esters is 1. The van der Waals surface area contributed by atoms with Crippen LogP contribution in [0.15, 0.2) is 41.4 Å². The highest BCUT2D eigenvalue weighted by molar-refractivity contribution is 7.90. The molecule has 0 saturated carbocycles. The minimum atomic E-state index is -3.88. The maximum atomic E-state index is 12.0. The van der Waals surface area contributed by atoms with Crippen LogP contribution >= 0.6 is 0 Å². The molecule has 2 amide bonds. The lowest BCUT2D eigenvalue weighted by Gasteiger charge is -2.07. The van der Waals surface area contributed by atoms with E-state index in [1.165, 1.54) is 10.6 Å². The molecule has 0 atom stereocenters. The Morgan fingerprint density at radius 2 is 1.93 bits per heavy atom. The summed E-state index contributed by atoms with van der Waals surface area (Å²) in [4.78, 5) is 45.2. The zero-order valence-corrected chi connectivity index (χ0v) is 15.6. The number of sulfone groups is 1. The van der Waals surface area contributed by atoms with Gasteiger partial charge in [-0.1, -0.05) is 0 Å². The summed E-state index contributed by atoms with van der Waals surface area (Å²) in [5, 5.41) is 13.1. The van der Waals surface area contributed by atoms with Gasteiger partial charge in [0.05, 0.1) is 10.5 Å². The average molecular weight is 409 g/mol.